The van der Waals surface area contributed by atoms with Gasteiger partial charge in [0.25, 0.3) is 0 Å². The average Bonchev–Trinajstić information content (AvgIpc) is 3.00. The van der Waals surface area contributed by atoms with E-state index in [4.69, 9.17) is 27.7 Å². The lowest BCUT2D eigenvalue weighted by molar-refractivity contribution is 0.470. The van der Waals surface area contributed by atoms with Gasteiger partial charge >= 0.3 is 0 Å². The fourth-order valence-electron chi connectivity index (χ4n) is 3.73. The molecule has 5 aromatic carbocycles. The number of benzene rings is 5. The summed E-state index contributed by atoms with van der Waals surface area (Å²) in [6.45, 7) is 19.5. The van der Waals surface area contributed by atoms with Crippen LogP contribution in [-0.4, -0.2) is 5.11 Å². The van der Waals surface area contributed by atoms with Crippen LogP contribution in [0.1, 0.15) is 61.2 Å². The van der Waals surface area contributed by atoms with E-state index in [-0.39, 0.29) is 5.82 Å². The van der Waals surface area contributed by atoms with Gasteiger partial charge in [0.15, 0.2) is 0 Å². The highest BCUT2D eigenvalue weighted by Gasteiger charge is 1.95. The molecule has 5 aromatic rings. The van der Waals surface area contributed by atoms with E-state index in [0.29, 0.717) is 11.3 Å². The van der Waals surface area contributed by atoms with Crippen LogP contribution < -0.4 is 5.73 Å². The third-order valence-electron chi connectivity index (χ3n) is 6.97. The minimum absolute atomic E-state index is 0.116. The Labute approximate surface area is 281 Å². The van der Waals surface area contributed by atoms with E-state index in [1.165, 1.54) is 17.2 Å². The summed E-state index contributed by atoms with van der Waals surface area (Å²) in [6.07, 6.45) is 0. The topological polar surface area (TPSA) is 70.0 Å². The molecule has 0 amide bonds. The molecule has 0 saturated heterocycles. The van der Waals surface area contributed by atoms with E-state index in [1.54, 1.807) is 19.1 Å². The van der Waals surface area contributed by atoms with Gasteiger partial charge in [0.1, 0.15) is 11.6 Å². The fraction of sp³-hybridized carbons (Fsp3) is 0.244. The lowest BCUT2D eigenvalue weighted by atomic mass is 10.1. The van der Waals surface area contributed by atoms with Crippen LogP contribution in [0.5, 0.6) is 5.75 Å². The molecule has 0 atom stereocenters. The molecule has 46 heavy (non-hydrogen) atoms. The molecule has 3 nitrogen and oxygen atoms in total. The highest BCUT2D eigenvalue weighted by molar-refractivity contribution is 6.31. The zero-order valence-corrected chi connectivity index (χ0v) is 29.6. The SMILES string of the molecule is Cc1ccc(C)c(C#N)c1.Cc1ccc(C)c(Cl)c1.Cc1ccc(C)c(F)c1.Cc1ccc(C)c(N)c1.Cc1ccc(C)c(O)c1. The molecular formula is C41H48ClFN2O. The number of halogens is 2. The van der Waals surface area contributed by atoms with Crippen molar-refractivity contribution in [2.45, 2.75) is 69.2 Å². The number of anilines is 1. The van der Waals surface area contributed by atoms with Gasteiger partial charge in [-0.1, -0.05) is 72.3 Å². The third kappa shape index (κ3) is 14.9. The summed E-state index contributed by atoms with van der Waals surface area (Å²) < 4.78 is 12.6. The quantitative estimate of drug-likeness (QED) is 0.166. The maximum atomic E-state index is 12.6. The molecule has 0 heterocycles. The Hall–Kier alpha value is -4.59. The first-order chi connectivity index (χ1) is 21.5. The third-order valence-corrected chi connectivity index (χ3v) is 7.37. The van der Waals surface area contributed by atoms with Gasteiger partial charge in [0, 0.05) is 10.7 Å². The Morgan fingerprint density at radius 1 is 0.543 bits per heavy atom. The van der Waals surface area contributed by atoms with E-state index in [2.05, 4.69) is 18.2 Å². The molecule has 242 valence electrons. The molecule has 0 aliphatic carbocycles. The molecule has 0 unspecified atom stereocenters. The van der Waals surface area contributed by atoms with E-state index in [1.807, 2.05) is 123 Å². The van der Waals surface area contributed by atoms with E-state index in [0.717, 1.165) is 55.2 Å². The first kappa shape index (κ1) is 39.4. The average molecular weight is 639 g/mol. The van der Waals surface area contributed by atoms with Crippen molar-refractivity contribution in [1.29, 1.82) is 5.26 Å². The predicted molar refractivity (Wildman–Crippen MR) is 195 cm³/mol. The van der Waals surface area contributed by atoms with Crippen LogP contribution in [-0.2, 0) is 0 Å². The normalized spacial score (nSPS) is 9.46. The highest BCUT2D eigenvalue weighted by atomic mass is 35.5. The maximum absolute atomic E-state index is 12.6. The molecule has 0 fully saturated rings. The largest absolute Gasteiger partial charge is 0.508 e. The number of nitrogen functional groups attached to an aromatic ring is 1. The number of hydrogen-bond acceptors (Lipinski definition) is 3. The Kier molecular flexibility index (Phi) is 16.9. The minimum Gasteiger partial charge on any atom is -0.508 e. The summed E-state index contributed by atoms with van der Waals surface area (Å²) in [7, 11) is 0. The number of aryl methyl sites for hydroxylation is 10. The second-order valence-corrected chi connectivity index (χ2v) is 12.0. The molecule has 0 spiro atoms. The van der Waals surface area contributed by atoms with Crippen molar-refractivity contribution >= 4 is 17.3 Å². The van der Waals surface area contributed by atoms with Crippen LogP contribution in [0.4, 0.5) is 10.1 Å². The molecule has 0 radical (unpaired) electrons. The predicted octanol–water partition coefficient (Wildman–Crippen LogP) is 11.5. The Balaban J connectivity index is 0.000000288. The van der Waals surface area contributed by atoms with Crippen molar-refractivity contribution in [3.05, 3.63) is 163 Å². The number of nitriles is 1. The van der Waals surface area contributed by atoms with Gasteiger partial charge < -0.3 is 10.8 Å². The smallest absolute Gasteiger partial charge is 0.126 e. The molecular weight excluding hydrogens is 591 g/mol. The summed E-state index contributed by atoms with van der Waals surface area (Å²) in [6, 6.07) is 31.0. The molecule has 0 aliphatic heterocycles. The van der Waals surface area contributed by atoms with Crippen molar-refractivity contribution < 1.29 is 9.50 Å². The summed E-state index contributed by atoms with van der Waals surface area (Å²) in [5, 5.41) is 18.5. The van der Waals surface area contributed by atoms with Crippen LogP contribution in [0.3, 0.4) is 0 Å². The lowest BCUT2D eigenvalue weighted by Crippen LogP contribution is -1.88. The van der Waals surface area contributed by atoms with Crippen LogP contribution >= 0.6 is 11.6 Å². The number of aromatic hydroxyl groups is 1. The molecule has 0 aromatic heterocycles. The highest BCUT2D eigenvalue weighted by Crippen LogP contribution is 2.17. The van der Waals surface area contributed by atoms with Gasteiger partial charge in [-0.3, -0.25) is 0 Å². The number of nitrogens with two attached hydrogens (primary N) is 1. The summed E-state index contributed by atoms with van der Waals surface area (Å²) in [5.74, 6) is 0.269. The second-order valence-electron chi connectivity index (χ2n) is 11.6. The number of rotatable bonds is 0. The van der Waals surface area contributed by atoms with Crippen LogP contribution in [0, 0.1) is 86.4 Å². The Morgan fingerprint density at radius 3 is 1.33 bits per heavy atom. The van der Waals surface area contributed by atoms with Crippen molar-refractivity contribution in [2.75, 3.05) is 5.73 Å². The van der Waals surface area contributed by atoms with Crippen molar-refractivity contribution in [1.82, 2.24) is 0 Å². The Morgan fingerprint density at radius 2 is 0.957 bits per heavy atom. The van der Waals surface area contributed by atoms with E-state index < -0.39 is 0 Å². The molecule has 0 aliphatic rings. The number of phenols is 1. The zero-order valence-electron chi connectivity index (χ0n) is 28.9. The number of phenolic OH excluding ortho intramolecular Hbond substituents is 1. The van der Waals surface area contributed by atoms with Gasteiger partial charge in [-0.25, -0.2) is 4.39 Å². The first-order valence-corrected chi connectivity index (χ1v) is 15.4. The second kappa shape index (κ2) is 19.7. The number of nitrogens with zero attached hydrogens (tertiary/aromatic N) is 1. The monoisotopic (exact) mass is 638 g/mol. The van der Waals surface area contributed by atoms with Gasteiger partial charge in [-0.05, 0) is 155 Å². The van der Waals surface area contributed by atoms with Crippen LogP contribution in [0.2, 0.25) is 5.02 Å². The molecule has 5 heteroatoms. The molecule has 5 rings (SSSR count). The van der Waals surface area contributed by atoms with Crippen molar-refractivity contribution in [3.63, 3.8) is 0 Å². The number of hydrogen-bond donors (Lipinski definition) is 2. The van der Waals surface area contributed by atoms with Gasteiger partial charge in [0.2, 0.25) is 0 Å². The van der Waals surface area contributed by atoms with Gasteiger partial charge in [-0.15, -0.1) is 0 Å². The maximum Gasteiger partial charge on any atom is 0.126 e. The standard InChI is InChI=1S/C9H9N.C8H9Cl.C8H9F.C8H11N.C8H10O/c1-7-3-4-8(2)9(5-7)6-10;4*1-6-3-4-7(2)8(9)5-6/h3-5H,1-2H3;2*3-5H,1-2H3;3-5H,9H2,1-2H3;3-5,9H,1-2H3. The summed E-state index contributed by atoms with van der Waals surface area (Å²) in [5.41, 5.74) is 17.9. The molecule has 0 bridgehead atoms. The van der Waals surface area contributed by atoms with E-state index in [9.17, 15) is 4.39 Å². The first-order valence-electron chi connectivity index (χ1n) is 15.1. The molecule has 0 saturated carbocycles. The van der Waals surface area contributed by atoms with Crippen LogP contribution in [0.15, 0.2) is 91.0 Å². The van der Waals surface area contributed by atoms with E-state index >= 15 is 0 Å². The van der Waals surface area contributed by atoms with Crippen LogP contribution in [0.25, 0.3) is 0 Å². The lowest BCUT2D eigenvalue weighted by Gasteiger charge is -1.98. The van der Waals surface area contributed by atoms with Gasteiger partial charge in [0.05, 0.1) is 11.6 Å². The summed E-state index contributed by atoms with van der Waals surface area (Å²) in [4.78, 5) is 0. The van der Waals surface area contributed by atoms with Crippen molar-refractivity contribution in [2.24, 2.45) is 0 Å². The molecule has 3 N–H and O–H groups in total. The summed E-state index contributed by atoms with van der Waals surface area (Å²) >= 11 is 5.81. The Bertz CT molecular complexity index is 1560. The minimum atomic E-state index is -0.116. The van der Waals surface area contributed by atoms with Gasteiger partial charge in [-0.2, -0.15) is 5.26 Å². The zero-order chi connectivity index (χ0) is 35.0. The van der Waals surface area contributed by atoms with Crippen molar-refractivity contribution in [3.8, 4) is 11.8 Å². The fourth-order valence-corrected chi connectivity index (χ4v) is 3.97.